The summed E-state index contributed by atoms with van der Waals surface area (Å²) >= 11 is 0. The van der Waals surface area contributed by atoms with Crippen LogP contribution in [-0.2, 0) is 9.59 Å². The number of hydrogen-bond donors (Lipinski definition) is 2. The standard InChI is InChI=1S/C18H25NO4/c1-11(2)15-7-4-12(3)8-16(15)23-10-17(20)19-14-6-5-13(9-14)18(21)22/h4,7-8,11,13-14H,5-6,9-10H2,1-3H3,(H,19,20)(H,21,22)/t13-,14+/m1/s1. The topological polar surface area (TPSA) is 75.6 Å². The van der Waals surface area contributed by atoms with Gasteiger partial charge in [-0.15, -0.1) is 0 Å². The van der Waals surface area contributed by atoms with Crippen molar-refractivity contribution in [3.63, 3.8) is 0 Å². The number of hydrogen-bond acceptors (Lipinski definition) is 3. The van der Waals surface area contributed by atoms with Crippen molar-refractivity contribution >= 4 is 11.9 Å². The summed E-state index contributed by atoms with van der Waals surface area (Å²) < 4.78 is 5.70. The van der Waals surface area contributed by atoms with E-state index in [1.807, 2.05) is 25.1 Å². The lowest BCUT2D eigenvalue weighted by Crippen LogP contribution is -2.36. The maximum atomic E-state index is 12.0. The molecule has 2 rings (SSSR count). The van der Waals surface area contributed by atoms with Gasteiger partial charge in [-0.2, -0.15) is 0 Å². The van der Waals surface area contributed by atoms with Crippen molar-refractivity contribution in [2.75, 3.05) is 6.61 Å². The van der Waals surface area contributed by atoms with Crippen LogP contribution in [0.25, 0.3) is 0 Å². The molecule has 1 aliphatic rings. The van der Waals surface area contributed by atoms with E-state index in [9.17, 15) is 9.59 Å². The molecular formula is C18H25NO4. The maximum absolute atomic E-state index is 12.0. The van der Waals surface area contributed by atoms with Gasteiger partial charge in [-0.05, 0) is 49.3 Å². The van der Waals surface area contributed by atoms with Crippen molar-refractivity contribution in [1.29, 1.82) is 0 Å². The maximum Gasteiger partial charge on any atom is 0.306 e. The first kappa shape index (κ1) is 17.3. The smallest absolute Gasteiger partial charge is 0.306 e. The van der Waals surface area contributed by atoms with Gasteiger partial charge in [0.1, 0.15) is 5.75 Å². The van der Waals surface area contributed by atoms with E-state index in [4.69, 9.17) is 9.84 Å². The second-order valence-corrected chi connectivity index (χ2v) is 6.60. The minimum absolute atomic E-state index is 0.0442. The molecule has 0 aromatic heterocycles. The number of nitrogens with one attached hydrogen (secondary N) is 1. The minimum atomic E-state index is -0.778. The van der Waals surface area contributed by atoms with E-state index in [1.54, 1.807) is 0 Å². The number of carbonyl (C=O) groups excluding carboxylic acids is 1. The normalized spacial score (nSPS) is 20.5. The number of carboxylic acids is 1. The van der Waals surface area contributed by atoms with Crippen LogP contribution in [0.4, 0.5) is 0 Å². The van der Waals surface area contributed by atoms with Gasteiger partial charge in [0.15, 0.2) is 6.61 Å². The van der Waals surface area contributed by atoms with E-state index in [1.165, 1.54) is 0 Å². The van der Waals surface area contributed by atoms with Crippen LogP contribution in [0.15, 0.2) is 18.2 Å². The quantitative estimate of drug-likeness (QED) is 0.845. The summed E-state index contributed by atoms with van der Waals surface area (Å²) in [6.07, 6.45) is 1.84. The molecule has 0 saturated heterocycles. The number of ether oxygens (including phenoxy) is 1. The van der Waals surface area contributed by atoms with Crippen molar-refractivity contribution in [3.8, 4) is 5.75 Å². The van der Waals surface area contributed by atoms with Crippen LogP contribution < -0.4 is 10.1 Å². The average Bonchev–Trinajstić information content (AvgIpc) is 2.93. The SMILES string of the molecule is Cc1ccc(C(C)C)c(OCC(=O)N[C@H]2CC[C@@H](C(=O)O)C2)c1. The van der Waals surface area contributed by atoms with Crippen LogP contribution in [0.3, 0.4) is 0 Å². The molecular weight excluding hydrogens is 294 g/mol. The third kappa shape index (κ3) is 4.71. The van der Waals surface area contributed by atoms with Crippen molar-refractivity contribution in [3.05, 3.63) is 29.3 Å². The van der Waals surface area contributed by atoms with Gasteiger partial charge in [-0.3, -0.25) is 9.59 Å². The van der Waals surface area contributed by atoms with E-state index in [0.29, 0.717) is 25.2 Å². The van der Waals surface area contributed by atoms with Gasteiger partial charge in [-0.25, -0.2) is 0 Å². The molecule has 1 fully saturated rings. The zero-order valence-electron chi connectivity index (χ0n) is 14.0. The Morgan fingerprint density at radius 1 is 1.35 bits per heavy atom. The molecule has 0 radical (unpaired) electrons. The van der Waals surface area contributed by atoms with Gasteiger partial charge in [0, 0.05) is 6.04 Å². The van der Waals surface area contributed by atoms with E-state index in [0.717, 1.165) is 16.9 Å². The minimum Gasteiger partial charge on any atom is -0.483 e. The van der Waals surface area contributed by atoms with E-state index in [2.05, 4.69) is 19.2 Å². The first-order valence-electron chi connectivity index (χ1n) is 8.12. The van der Waals surface area contributed by atoms with Crippen molar-refractivity contribution < 1.29 is 19.4 Å². The average molecular weight is 319 g/mol. The molecule has 1 aromatic carbocycles. The molecule has 5 heteroatoms. The van der Waals surface area contributed by atoms with Gasteiger partial charge in [0.05, 0.1) is 5.92 Å². The Morgan fingerprint density at radius 2 is 2.09 bits per heavy atom. The van der Waals surface area contributed by atoms with Crippen LogP contribution in [-0.4, -0.2) is 29.6 Å². The summed E-state index contributed by atoms with van der Waals surface area (Å²) in [5.74, 6) is -0.257. The lowest BCUT2D eigenvalue weighted by Gasteiger charge is -2.16. The van der Waals surface area contributed by atoms with Crippen molar-refractivity contribution in [1.82, 2.24) is 5.32 Å². The zero-order valence-corrected chi connectivity index (χ0v) is 14.0. The fourth-order valence-electron chi connectivity index (χ4n) is 2.99. The molecule has 126 valence electrons. The summed E-state index contributed by atoms with van der Waals surface area (Å²) in [4.78, 5) is 23.0. The lowest BCUT2D eigenvalue weighted by molar-refractivity contribution is -0.141. The Morgan fingerprint density at radius 3 is 2.70 bits per heavy atom. The number of carbonyl (C=O) groups is 2. The summed E-state index contributed by atoms with van der Waals surface area (Å²) in [6, 6.07) is 5.95. The van der Waals surface area contributed by atoms with Crippen LogP contribution in [0, 0.1) is 12.8 Å². The molecule has 0 unspecified atom stereocenters. The van der Waals surface area contributed by atoms with Gasteiger partial charge in [-0.1, -0.05) is 26.0 Å². The molecule has 0 bridgehead atoms. The van der Waals surface area contributed by atoms with Gasteiger partial charge >= 0.3 is 5.97 Å². The Kier molecular flexibility index (Phi) is 5.64. The first-order chi connectivity index (χ1) is 10.9. The predicted octanol–water partition coefficient (Wildman–Crippen LogP) is 2.87. The lowest BCUT2D eigenvalue weighted by atomic mass is 10.0. The van der Waals surface area contributed by atoms with Gasteiger partial charge in [0.2, 0.25) is 0 Å². The third-order valence-electron chi connectivity index (χ3n) is 4.30. The first-order valence-corrected chi connectivity index (χ1v) is 8.12. The number of aryl methyl sites for hydroxylation is 1. The Bertz CT molecular complexity index is 582. The fraction of sp³-hybridized carbons (Fsp3) is 0.556. The molecule has 23 heavy (non-hydrogen) atoms. The Hall–Kier alpha value is -2.04. The highest BCUT2D eigenvalue weighted by Gasteiger charge is 2.30. The molecule has 5 nitrogen and oxygen atoms in total. The van der Waals surface area contributed by atoms with Gasteiger partial charge < -0.3 is 15.2 Å². The molecule has 1 saturated carbocycles. The van der Waals surface area contributed by atoms with Crippen LogP contribution in [0.2, 0.25) is 0 Å². The second kappa shape index (κ2) is 7.49. The number of benzene rings is 1. The van der Waals surface area contributed by atoms with E-state index >= 15 is 0 Å². The third-order valence-corrected chi connectivity index (χ3v) is 4.30. The van der Waals surface area contributed by atoms with Crippen LogP contribution >= 0.6 is 0 Å². The Balaban J connectivity index is 1.88. The summed E-state index contributed by atoms with van der Waals surface area (Å²) in [5.41, 5.74) is 2.17. The fourth-order valence-corrected chi connectivity index (χ4v) is 2.99. The summed E-state index contributed by atoms with van der Waals surface area (Å²) in [6.45, 7) is 6.11. The highest BCUT2D eigenvalue weighted by atomic mass is 16.5. The Labute approximate surface area is 137 Å². The summed E-state index contributed by atoms with van der Waals surface area (Å²) in [7, 11) is 0. The number of aliphatic carboxylic acids is 1. The van der Waals surface area contributed by atoms with Crippen LogP contribution in [0.1, 0.15) is 50.2 Å². The molecule has 1 aromatic rings. The van der Waals surface area contributed by atoms with E-state index < -0.39 is 5.97 Å². The van der Waals surface area contributed by atoms with Crippen molar-refractivity contribution in [2.24, 2.45) is 5.92 Å². The molecule has 2 N–H and O–H groups in total. The number of amides is 1. The molecule has 1 aliphatic carbocycles. The molecule has 0 heterocycles. The monoisotopic (exact) mass is 319 g/mol. The number of carboxylic acid groups (broad SMARTS) is 1. The molecule has 0 spiro atoms. The highest BCUT2D eigenvalue weighted by molar-refractivity contribution is 5.78. The predicted molar refractivity (Wildman–Crippen MR) is 87.7 cm³/mol. The van der Waals surface area contributed by atoms with Crippen molar-refractivity contribution in [2.45, 2.75) is 52.0 Å². The van der Waals surface area contributed by atoms with E-state index in [-0.39, 0.29) is 24.5 Å². The molecule has 1 amide bonds. The largest absolute Gasteiger partial charge is 0.483 e. The van der Waals surface area contributed by atoms with Crippen LogP contribution in [0.5, 0.6) is 5.75 Å². The molecule has 2 atom stereocenters. The molecule has 0 aliphatic heterocycles. The zero-order chi connectivity index (χ0) is 17.0. The van der Waals surface area contributed by atoms with Gasteiger partial charge in [0.25, 0.3) is 5.91 Å². The number of rotatable bonds is 6. The second-order valence-electron chi connectivity index (χ2n) is 6.60. The summed E-state index contributed by atoms with van der Waals surface area (Å²) in [5, 5.41) is 11.9. The highest BCUT2D eigenvalue weighted by Crippen LogP contribution is 2.28.